The van der Waals surface area contributed by atoms with Crippen molar-refractivity contribution in [2.24, 2.45) is 0 Å². The molecule has 2 heteroatoms. The summed E-state index contributed by atoms with van der Waals surface area (Å²) in [6, 6.07) is 10.3. The van der Waals surface area contributed by atoms with E-state index in [0.717, 1.165) is 6.42 Å². The molecule has 1 atom stereocenters. The minimum absolute atomic E-state index is 0.160. The lowest BCUT2D eigenvalue weighted by molar-refractivity contribution is -0.119. The first-order chi connectivity index (χ1) is 6.84. The monoisotopic (exact) mass is 187 g/mol. The Morgan fingerprint density at radius 2 is 2.07 bits per heavy atom. The molecule has 1 N–H and O–H groups in total. The van der Waals surface area contributed by atoms with E-state index in [2.05, 4.69) is 17.5 Å². The van der Waals surface area contributed by atoms with Crippen LogP contribution in [0.1, 0.15) is 18.4 Å². The summed E-state index contributed by atoms with van der Waals surface area (Å²) < 4.78 is 0. The normalized spacial score (nSPS) is 21.4. The molecule has 0 aliphatic carbocycles. The maximum Gasteiger partial charge on any atom is 0.220 e. The summed E-state index contributed by atoms with van der Waals surface area (Å²) in [4.78, 5) is 10.9. The Kier molecular flexibility index (Phi) is 2.63. The fourth-order valence-electron chi connectivity index (χ4n) is 1.57. The summed E-state index contributed by atoms with van der Waals surface area (Å²) in [5.41, 5.74) is 1.17. The van der Waals surface area contributed by atoms with Gasteiger partial charge in [-0.1, -0.05) is 42.5 Å². The summed E-state index contributed by atoms with van der Waals surface area (Å²) in [6.07, 6.45) is 5.68. The van der Waals surface area contributed by atoms with Crippen molar-refractivity contribution in [3.63, 3.8) is 0 Å². The molecule has 1 aliphatic heterocycles. The Hall–Kier alpha value is -1.57. The number of rotatable bonds is 2. The van der Waals surface area contributed by atoms with E-state index in [1.807, 2.05) is 30.3 Å². The van der Waals surface area contributed by atoms with E-state index in [1.54, 1.807) is 0 Å². The molecular weight excluding hydrogens is 174 g/mol. The molecule has 0 aromatic heterocycles. The van der Waals surface area contributed by atoms with Gasteiger partial charge in [0.25, 0.3) is 0 Å². The molecule has 2 nitrogen and oxygen atoms in total. The second-order valence-corrected chi connectivity index (χ2v) is 3.48. The van der Waals surface area contributed by atoms with Crippen LogP contribution in [-0.2, 0) is 4.79 Å². The van der Waals surface area contributed by atoms with Crippen molar-refractivity contribution in [1.82, 2.24) is 5.32 Å². The van der Waals surface area contributed by atoms with E-state index >= 15 is 0 Å². The van der Waals surface area contributed by atoms with Gasteiger partial charge in [0.05, 0.1) is 0 Å². The highest BCUT2D eigenvalue weighted by Crippen LogP contribution is 2.10. The largest absolute Gasteiger partial charge is 0.350 e. The van der Waals surface area contributed by atoms with Crippen molar-refractivity contribution < 1.29 is 4.79 Å². The van der Waals surface area contributed by atoms with Gasteiger partial charge in [0, 0.05) is 12.5 Å². The van der Waals surface area contributed by atoms with Gasteiger partial charge in [-0.3, -0.25) is 4.79 Å². The zero-order chi connectivity index (χ0) is 9.80. The molecule has 1 aromatic carbocycles. The van der Waals surface area contributed by atoms with Crippen molar-refractivity contribution in [1.29, 1.82) is 0 Å². The molecule has 0 saturated carbocycles. The predicted molar refractivity (Wildman–Crippen MR) is 56.6 cm³/mol. The maximum atomic E-state index is 10.9. The minimum atomic E-state index is 0.160. The molecule has 1 unspecified atom stereocenters. The topological polar surface area (TPSA) is 29.1 Å². The van der Waals surface area contributed by atoms with Crippen molar-refractivity contribution in [2.75, 3.05) is 0 Å². The average molecular weight is 187 g/mol. The third kappa shape index (κ3) is 2.22. The Labute approximate surface area is 83.6 Å². The van der Waals surface area contributed by atoms with Gasteiger partial charge >= 0.3 is 0 Å². The predicted octanol–water partition coefficient (Wildman–Crippen LogP) is 1.98. The summed E-state index contributed by atoms with van der Waals surface area (Å²) in [7, 11) is 0. The average Bonchev–Trinajstić information content (AvgIpc) is 2.63. The molecular formula is C12H13NO. The number of amides is 1. The zero-order valence-electron chi connectivity index (χ0n) is 7.94. The third-order valence-electron chi connectivity index (χ3n) is 2.35. The van der Waals surface area contributed by atoms with E-state index in [9.17, 15) is 4.79 Å². The minimum Gasteiger partial charge on any atom is -0.350 e. The van der Waals surface area contributed by atoms with Gasteiger partial charge in [-0.25, -0.2) is 0 Å². The van der Waals surface area contributed by atoms with Crippen LogP contribution in [0.4, 0.5) is 0 Å². The molecule has 2 rings (SSSR count). The zero-order valence-corrected chi connectivity index (χ0v) is 7.94. The fraction of sp³-hybridized carbons (Fsp3) is 0.250. The molecule has 0 spiro atoms. The second-order valence-electron chi connectivity index (χ2n) is 3.48. The number of hydrogen-bond acceptors (Lipinski definition) is 1. The van der Waals surface area contributed by atoms with Crippen molar-refractivity contribution in [3.05, 3.63) is 42.0 Å². The van der Waals surface area contributed by atoms with Crippen LogP contribution >= 0.6 is 0 Å². The number of carbonyl (C=O) groups excluding carboxylic acids is 1. The third-order valence-corrected chi connectivity index (χ3v) is 2.35. The van der Waals surface area contributed by atoms with E-state index in [4.69, 9.17) is 0 Å². The maximum absolute atomic E-state index is 10.9. The van der Waals surface area contributed by atoms with Gasteiger partial charge in [0.1, 0.15) is 0 Å². The Balaban J connectivity index is 1.97. The van der Waals surface area contributed by atoms with E-state index < -0.39 is 0 Å². The Morgan fingerprint density at radius 3 is 2.71 bits per heavy atom. The lowest BCUT2D eigenvalue weighted by atomic mass is 10.1. The molecule has 72 valence electrons. The van der Waals surface area contributed by atoms with Crippen molar-refractivity contribution in [2.45, 2.75) is 18.9 Å². The Bertz CT molecular complexity index is 343. The summed E-state index contributed by atoms with van der Waals surface area (Å²) in [6.45, 7) is 0. The first kappa shape index (κ1) is 9.00. The number of hydrogen-bond donors (Lipinski definition) is 1. The van der Waals surface area contributed by atoms with Crippen LogP contribution in [0, 0.1) is 0 Å². The number of nitrogens with one attached hydrogen (secondary N) is 1. The lowest BCUT2D eigenvalue weighted by Crippen LogP contribution is -2.22. The van der Waals surface area contributed by atoms with Gasteiger partial charge in [-0.2, -0.15) is 0 Å². The van der Waals surface area contributed by atoms with Crippen LogP contribution in [0.5, 0.6) is 0 Å². The molecule has 1 amide bonds. The summed E-state index contributed by atoms with van der Waals surface area (Å²) in [5.74, 6) is 0.160. The van der Waals surface area contributed by atoms with Gasteiger partial charge in [-0.15, -0.1) is 0 Å². The van der Waals surface area contributed by atoms with Gasteiger partial charge < -0.3 is 5.32 Å². The van der Waals surface area contributed by atoms with Crippen LogP contribution in [-0.4, -0.2) is 11.9 Å². The SMILES string of the molecule is O=C1CCC(/C=C/c2ccccc2)N1. The molecule has 1 saturated heterocycles. The number of benzene rings is 1. The molecule has 1 heterocycles. The standard InChI is InChI=1S/C12H13NO/c14-12-9-8-11(13-12)7-6-10-4-2-1-3-5-10/h1-7,11H,8-9H2,(H,13,14)/b7-6+. The molecule has 0 bridgehead atoms. The first-order valence-corrected chi connectivity index (χ1v) is 4.87. The van der Waals surface area contributed by atoms with Crippen LogP contribution in [0.25, 0.3) is 6.08 Å². The molecule has 0 radical (unpaired) electrons. The summed E-state index contributed by atoms with van der Waals surface area (Å²) >= 11 is 0. The molecule has 1 aliphatic rings. The highest BCUT2D eigenvalue weighted by Gasteiger charge is 2.17. The molecule has 1 aromatic rings. The van der Waals surface area contributed by atoms with Crippen molar-refractivity contribution >= 4 is 12.0 Å². The van der Waals surface area contributed by atoms with E-state index in [-0.39, 0.29) is 11.9 Å². The molecule has 14 heavy (non-hydrogen) atoms. The number of carbonyl (C=O) groups is 1. The fourth-order valence-corrected chi connectivity index (χ4v) is 1.57. The highest BCUT2D eigenvalue weighted by molar-refractivity contribution is 5.79. The Morgan fingerprint density at radius 1 is 1.29 bits per heavy atom. The van der Waals surface area contributed by atoms with Gasteiger partial charge in [-0.05, 0) is 12.0 Å². The van der Waals surface area contributed by atoms with Gasteiger partial charge in [0.2, 0.25) is 5.91 Å². The van der Waals surface area contributed by atoms with E-state index in [0.29, 0.717) is 6.42 Å². The van der Waals surface area contributed by atoms with E-state index in [1.165, 1.54) is 5.56 Å². The molecule has 1 fully saturated rings. The van der Waals surface area contributed by atoms with Gasteiger partial charge in [0.15, 0.2) is 0 Å². The van der Waals surface area contributed by atoms with Crippen LogP contribution in [0.15, 0.2) is 36.4 Å². The second kappa shape index (κ2) is 4.09. The van der Waals surface area contributed by atoms with Crippen molar-refractivity contribution in [3.8, 4) is 0 Å². The quantitative estimate of drug-likeness (QED) is 0.753. The van der Waals surface area contributed by atoms with Crippen LogP contribution in [0.2, 0.25) is 0 Å². The lowest BCUT2D eigenvalue weighted by Gasteiger charge is -2.01. The smallest absolute Gasteiger partial charge is 0.220 e. The highest BCUT2D eigenvalue weighted by atomic mass is 16.1. The van der Waals surface area contributed by atoms with Crippen LogP contribution in [0.3, 0.4) is 0 Å². The van der Waals surface area contributed by atoms with Crippen LogP contribution < -0.4 is 5.32 Å². The summed E-state index contributed by atoms with van der Waals surface area (Å²) in [5, 5.41) is 2.90. The first-order valence-electron chi connectivity index (χ1n) is 4.87.